The molecule has 2 fully saturated rings. The summed E-state index contributed by atoms with van der Waals surface area (Å²) in [5, 5.41) is 12.1. The number of halogens is 1. The summed E-state index contributed by atoms with van der Waals surface area (Å²) in [6, 6.07) is 3.69. The van der Waals surface area contributed by atoms with Crippen LogP contribution in [0.15, 0.2) is 18.2 Å². The van der Waals surface area contributed by atoms with E-state index in [9.17, 15) is 14.3 Å². The van der Waals surface area contributed by atoms with E-state index in [2.05, 4.69) is 5.32 Å². The molecular weight excluding hydrogens is 287 g/mol. The summed E-state index contributed by atoms with van der Waals surface area (Å²) in [6.45, 7) is 1.13. The highest BCUT2D eigenvalue weighted by atomic mass is 19.1. The van der Waals surface area contributed by atoms with Crippen LogP contribution in [-0.2, 0) is 0 Å². The molecular formula is C16H21FN2O3. The van der Waals surface area contributed by atoms with E-state index >= 15 is 0 Å². The molecule has 2 aliphatic rings. The number of carbonyl (C=O) groups is 1. The second-order valence-electron chi connectivity index (χ2n) is 6.00. The van der Waals surface area contributed by atoms with Crippen molar-refractivity contribution in [2.75, 3.05) is 25.1 Å². The van der Waals surface area contributed by atoms with Crippen molar-refractivity contribution in [2.24, 2.45) is 5.92 Å². The van der Waals surface area contributed by atoms with Gasteiger partial charge in [0.05, 0.1) is 24.9 Å². The van der Waals surface area contributed by atoms with Gasteiger partial charge >= 0.3 is 6.03 Å². The number of likely N-dealkylation sites (tertiary alicyclic amines) is 1. The Labute approximate surface area is 129 Å². The molecule has 120 valence electrons. The molecule has 0 aromatic heterocycles. The third kappa shape index (κ3) is 3.50. The number of aliphatic hydroxyl groups excluding tert-OH is 1. The van der Waals surface area contributed by atoms with Crippen molar-refractivity contribution < 1.29 is 19.0 Å². The monoisotopic (exact) mass is 308 g/mol. The molecule has 3 rings (SSSR count). The molecule has 2 amide bonds. The van der Waals surface area contributed by atoms with E-state index in [1.54, 1.807) is 4.90 Å². The number of benzene rings is 1. The van der Waals surface area contributed by atoms with E-state index in [-0.39, 0.29) is 18.7 Å². The Morgan fingerprint density at radius 2 is 2.23 bits per heavy atom. The van der Waals surface area contributed by atoms with Gasteiger partial charge in [0.15, 0.2) is 0 Å². The molecule has 1 saturated heterocycles. The van der Waals surface area contributed by atoms with Crippen LogP contribution in [-0.4, -0.2) is 41.8 Å². The van der Waals surface area contributed by atoms with E-state index in [1.807, 2.05) is 0 Å². The average molecular weight is 308 g/mol. The zero-order valence-corrected chi connectivity index (χ0v) is 12.4. The van der Waals surface area contributed by atoms with E-state index in [0.29, 0.717) is 30.5 Å². The minimum absolute atomic E-state index is 0.0398. The minimum atomic E-state index is -0.391. The third-order valence-electron chi connectivity index (χ3n) is 4.21. The topological polar surface area (TPSA) is 61.8 Å². The van der Waals surface area contributed by atoms with Gasteiger partial charge in [-0.25, -0.2) is 9.18 Å². The van der Waals surface area contributed by atoms with Crippen molar-refractivity contribution in [3.8, 4) is 5.75 Å². The number of aliphatic hydroxyl groups is 1. The van der Waals surface area contributed by atoms with Crippen LogP contribution in [0.4, 0.5) is 14.9 Å². The van der Waals surface area contributed by atoms with Crippen LogP contribution < -0.4 is 10.1 Å². The van der Waals surface area contributed by atoms with Gasteiger partial charge in [-0.3, -0.25) is 0 Å². The molecule has 0 radical (unpaired) electrons. The predicted octanol–water partition coefficient (Wildman–Crippen LogP) is 2.60. The van der Waals surface area contributed by atoms with Crippen molar-refractivity contribution in [1.82, 2.24) is 4.90 Å². The zero-order valence-electron chi connectivity index (χ0n) is 12.4. The Morgan fingerprint density at radius 1 is 1.41 bits per heavy atom. The molecule has 1 aromatic rings. The molecule has 0 spiro atoms. The van der Waals surface area contributed by atoms with Gasteiger partial charge in [-0.15, -0.1) is 0 Å². The lowest BCUT2D eigenvalue weighted by molar-refractivity contribution is 0.166. The second-order valence-corrected chi connectivity index (χ2v) is 6.00. The van der Waals surface area contributed by atoms with Gasteiger partial charge in [0.1, 0.15) is 11.6 Å². The Kier molecular flexibility index (Phi) is 4.47. The number of nitrogens with one attached hydrogen (secondary N) is 1. The fourth-order valence-electron chi connectivity index (χ4n) is 2.69. The maximum atomic E-state index is 13.4. The number of carbonyl (C=O) groups excluding carboxylic acids is 1. The standard InChI is InChI=1S/C16H21FN2O3/c17-12-5-6-14(15(8-12)22-10-11-3-4-11)18-16(21)19-7-1-2-13(19)9-20/h5-6,8,11,13,20H,1-4,7,9-10H2,(H,18,21)/t13-/m0/s1. The number of amides is 2. The number of ether oxygens (including phenoxy) is 1. The summed E-state index contributed by atoms with van der Waals surface area (Å²) >= 11 is 0. The number of hydrogen-bond donors (Lipinski definition) is 2. The lowest BCUT2D eigenvalue weighted by Gasteiger charge is -2.24. The number of anilines is 1. The van der Waals surface area contributed by atoms with Crippen LogP contribution in [0.3, 0.4) is 0 Å². The van der Waals surface area contributed by atoms with Crippen molar-refractivity contribution in [3.63, 3.8) is 0 Å². The van der Waals surface area contributed by atoms with Gasteiger partial charge in [-0.2, -0.15) is 0 Å². The molecule has 0 unspecified atom stereocenters. The molecule has 1 atom stereocenters. The molecule has 1 aliphatic heterocycles. The fraction of sp³-hybridized carbons (Fsp3) is 0.562. The molecule has 5 nitrogen and oxygen atoms in total. The summed E-state index contributed by atoms with van der Waals surface area (Å²) in [6.07, 6.45) is 3.97. The van der Waals surface area contributed by atoms with Crippen molar-refractivity contribution in [2.45, 2.75) is 31.7 Å². The maximum absolute atomic E-state index is 13.4. The zero-order chi connectivity index (χ0) is 15.5. The van der Waals surface area contributed by atoms with E-state index in [0.717, 1.165) is 25.7 Å². The molecule has 1 saturated carbocycles. The first-order valence-corrected chi connectivity index (χ1v) is 7.78. The molecule has 1 aliphatic carbocycles. The van der Waals surface area contributed by atoms with Crippen LogP contribution in [0.25, 0.3) is 0 Å². The fourth-order valence-corrected chi connectivity index (χ4v) is 2.69. The highest BCUT2D eigenvalue weighted by Crippen LogP contribution is 2.32. The van der Waals surface area contributed by atoms with Crippen LogP contribution in [0.1, 0.15) is 25.7 Å². The normalized spacial score (nSPS) is 21.0. The molecule has 22 heavy (non-hydrogen) atoms. The van der Waals surface area contributed by atoms with E-state index in [4.69, 9.17) is 4.74 Å². The van der Waals surface area contributed by atoms with Gasteiger partial charge in [-0.05, 0) is 43.7 Å². The molecule has 1 heterocycles. The predicted molar refractivity (Wildman–Crippen MR) is 80.5 cm³/mol. The highest BCUT2D eigenvalue weighted by Gasteiger charge is 2.29. The first-order chi connectivity index (χ1) is 10.7. The largest absolute Gasteiger partial charge is 0.491 e. The summed E-state index contributed by atoms with van der Waals surface area (Å²) in [4.78, 5) is 13.9. The van der Waals surface area contributed by atoms with E-state index in [1.165, 1.54) is 18.2 Å². The summed E-state index contributed by atoms with van der Waals surface area (Å²) in [5.41, 5.74) is 0.468. The van der Waals surface area contributed by atoms with Gasteiger partial charge in [0, 0.05) is 12.6 Å². The van der Waals surface area contributed by atoms with Crippen LogP contribution in [0.5, 0.6) is 5.75 Å². The smallest absolute Gasteiger partial charge is 0.322 e. The summed E-state index contributed by atoms with van der Waals surface area (Å²) in [5.74, 6) is 0.516. The number of nitrogens with zero attached hydrogens (tertiary/aromatic N) is 1. The molecule has 0 bridgehead atoms. The van der Waals surface area contributed by atoms with Crippen molar-refractivity contribution >= 4 is 11.7 Å². The second kappa shape index (κ2) is 6.52. The average Bonchev–Trinajstić information content (AvgIpc) is 3.21. The number of rotatable bonds is 5. The van der Waals surface area contributed by atoms with Gasteiger partial charge in [0.25, 0.3) is 0 Å². The van der Waals surface area contributed by atoms with Crippen LogP contribution in [0.2, 0.25) is 0 Å². The Balaban J connectivity index is 1.68. The Hall–Kier alpha value is -1.82. The summed E-state index contributed by atoms with van der Waals surface area (Å²) in [7, 11) is 0. The Morgan fingerprint density at radius 3 is 2.95 bits per heavy atom. The molecule has 6 heteroatoms. The molecule has 2 N–H and O–H groups in total. The minimum Gasteiger partial charge on any atom is -0.491 e. The number of urea groups is 1. The number of hydrogen-bond acceptors (Lipinski definition) is 3. The Bertz CT molecular complexity index is 548. The van der Waals surface area contributed by atoms with Gasteiger partial charge in [0.2, 0.25) is 0 Å². The lowest BCUT2D eigenvalue weighted by atomic mass is 10.2. The highest BCUT2D eigenvalue weighted by molar-refractivity contribution is 5.91. The van der Waals surface area contributed by atoms with Crippen LogP contribution in [0, 0.1) is 11.7 Å². The van der Waals surface area contributed by atoms with E-state index < -0.39 is 5.82 Å². The summed E-state index contributed by atoms with van der Waals surface area (Å²) < 4.78 is 19.0. The van der Waals surface area contributed by atoms with Crippen LogP contribution >= 0.6 is 0 Å². The maximum Gasteiger partial charge on any atom is 0.322 e. The van der Waals surface area contributed by atoms with Gasteiger partial charge in [-0.1, -0.05) is 0 Å². The SMILES string of the molecule is O=C(Nc1ccc(F)cc1OCC1CC1)N1CCC[C@H]1CO. The lowest BCUT2D eigenvalue weighted by Crippen LogP contribution is -2.40. The first-order valence-electron chi connectivity index (χ1n) is 7.78. The quantitative estimate of drug-likeness (QED) is 0.879. The van der Waals surface area contributed by atoms with Crippen molar-refractivity contribution in [1.29, 1.82) is 0 Å². The van der Waals surface area contributed by atoms with Gasteiger partial charge < -0.3 is 20.1 Å². The van der Waals surface area contributed by atoms with Crippen molar-refractivity contribution in [3.05, 3.63) is 24.0 Å². The molecule has 1 aromatic carbocycles. The first kappa shape index (κ1) is 15.1. The third-order valence-corrected chi connectivity index (χ3v) is 4.21.